The number of benzene rings is 2. The van der Waals surface area contributed by atoms with E-state index in [-0.39, 0.29) is 6.04 Å². The van der Waals surface area contributed by atoms with Crippen LogP contribution >= 0.6 is 0 Å². The number of carboxylic acid groups (broad SMARTS) is 1. The van der Waals surface area contributed by atoms with Crippen LogP contribution < -0.4 is 15.5 Å². The minimum atomic E-state index is -1.07. The van der Waals surface area contributed by atoms with Crippen molar-refractivity contribution in [3.05, 3.63) is 65.7 Å². The van der Waals surface area contributed by atoms with Gasteiger partial charge in [0.1, 0.15) is 5.75 Å². The number of nitrogens with zero attached hydrogens (tertiary/aromatic N) is 1. The number of hydrogen-bond acceptors (Lipinski definition) is 5. The summed E-state index contributed by atoms with van der Waals surface area (Å²) in [5.74, 6) is -2.34. The zero-order valence-corrected chi connectivity index (χ0v) is 14.6. The van der Waals surface area contributed by atoms with Crippen molar-refractivity contribution in [3.63, 3.8) is 0 Å². The van der Waals surface area contributed by atoms with Crippen LogP contribution in [0.5, 0.6) is 5.75 Å². The molecule has 0 aromatic heterocycles. The van der Waals surface area contributed by atoms with Gasteiger partial charge in [-0.15, -0.1) is 0 Å². The highest BCUT2D eigenvalue weighted by Gasteiger charge is 2.16. The van der Waals surface area contributed by atoms with Gasteiger partial charge in [-0.3, -0.25) is 9.59 Å². The van der Waals surface area contributed by atoms with Crippen LogP contribution in [-0.2, 0) is 14.4 Å². The third-order valence-corrected chi connectivity index (χ3v) is 3.48. The Morgan fingerprint density at radius 3 is 2.37 bits per heavy atom. The average Bonchev–Trinajstić information content (AvgIpc) is 2.67. The summed E-state index contributed by atoms with van der Waals surface area (Å²) in [4.78, 5) is 34.1. The van der Waals surface area contributed by atoms with E-state index in [1.165, 1.54) is 6.21 Å². The quantitative estimate of drug-likeness (QED) is 0.388. The molecule has 140 valence electrons. The molecule has 0 heterocycles. The van der Waals surface area contributed by atoms with Crippen LogP contribution in [0.3, 0.4) is 0 Å². The van der Waals surface area contributed by atoms with E-state index in [0.717, 1.165) is 5.56 Å². The lowest BCUT2D eigenvalue weighted by Crippen LogP contribution is -2.39. The molecular formula is C19H19N3O5. The van der Waals surface area contributed by atoms with Crippen molar-refractivity contribution in [2.75, 3.05) is 6.61 Å². The van der Waals surface area contributed by atoms with Crippen molar-refractivity contribution in [2.24, 2.45) is 5.10 Å². The van der Waals surface area contributed by atoms with E-state index < -0.39 is 24.4 Å². The lowest BCUT2D eigenvalue weighted by Gasteiger charge is -2.13. The van der Waals surface area contributed by atoms with E-state index >= 15 is 0 Å². The first-order valence-electron chi connectivity index (χ1n) is 8.09. The summed E-state index contributed by atoms with van der Waals surface area (Å²) in [6.07, 6.45) is 1.35. The lowest BCUT2D eigenvalue weighted by atomic mass is 10.1. The van der Waals surface area contributed by atoms with Gasteiger partial charge >= 0.3 is 17.8 Å². The maximum atomic E-state index is 11.9. The summed E-state index contributed by atoms with van der Waals surface area (Å²) >= 11 is 0. The Kier molecular flexibility index (Phi) is 7.07. The van der Waals surface area contributed by atoms with E-state index in [2.05, 4.69) is 15.8 Å². The van der Waals surface area contributed by atoms with Crippen LogP contribution in [0.25, 0.3) is 0 Å². The number of rotatable bonds is 7. The molecule has 2 amide bonds. The Hall–Kier alpha value is -3.68. The fourth-order valence-electron chi connectivity index (χ4n) is 2.10. The van der Waals surface area contributed by atoms with Crippen LogP contribution in [0, 0.1) is 0 Å². The maximum Gasteiger partial charge on any atom is 0.341 e. The molecule has 0 saturated heterocycles. The molecule has 2 aromatic rings. The second-order valence-electron chi connectivity index (χ2n) is 5.56. The number of hydrogen-bond donors (Lipinski definition) is 3. The Bertz CT molecular complexity index is 819. The van der Waals surface area contributed by atoms with Gasteiger partial charge in [-0.2, -0.15) is 5.10 Å². The van der Waals surface area contributed by atoms with Crippen molar-refractivity contribution in [2.45, 2.75) is 13.0 Å². The van der Waals surface area contributed by atoms with Gasteiger partial charge < -0.3 is 15.2 Å². The smallest absolute Gasteiger partial charge is 0.341 e. The second-order valence-corrected chi connectivity index (χ2v) is 5.56. The molecule has 27 heavy (non-hydrogen) atoms. The van der Waals surface area contributed by atoms with Crippen LogP contribution in [0.15, 0.2) is 59.7 Å². The van der Waals surface area contributed by atoms with E-state index in [0.29, 0.717) is 11.3 Å². The molecule has 0 unspecified atom stereocenters. The monoisotopic (exact) mass is 369 g/mol. The van der Waals surface area contributed by atoms with Gasteiger partial charge in [0, 0.05) is 0 Å². The zero-order chi connectivity index (χ0) is 19.6. The third kappa shape index (κ3) is 6.62. The molecule has 0 radical (unpaired) electrons. The van der Waals surface area contributed by atoms with Crippen molar-refractivity contribution in [1.29, 1.82) is 0 Å². The van der Waals surface area contributed by atoms with Gasteiger partial charge in [-0.05, 0) is 42.3 Å². The zero-order valence-electron chi connectivity index (χ0n) is 14.6. The number of carbonyl (C=O) groups is 3. The molecule has 0 saturated carbocycles. The molecule has 2 aromatic carbocycles. The van der Waals surface area contributed by atoms with Crippen LogP contribution in [0.1, 0.15) is 24.1 Å². The minimum absolute atomic E-state index is 0.313. The van der Waals surface area contributed by atoms with Crippen molar-refractivity contribution < 1.29 is 24.2 Å². The molecule has 3 N–H and O–H groups in total. The Morgan fingerprint density at radius 2 is 1.74 bits per heavy atom. The molecule has 0 aliphatic heterocycles. The van der Waals surface area contributed by atoms with Crippen molar-refractivity contribution in [1.82, 2.24) is 10.7 Å². The Balaban J connectivity index is 1.81. The van der Waals surface area contributed by atoms with Gasteiger partial charge in [0.05, 0.1) is 12.3 Å². The van der Waals surface area contributed by atoms with Gasteiger partial charge in [0.15, 0.2) is 6.61 Å². The molecule has 0 aliphatic rings. The van der Waals surface area contributed by atoms with Gasteiger partial charge in [0.2, 0.25) is 0 Å². The number of carboxylic acids is 1. The van der Waals surface area contributed by atoms with Crippen molar-refractivity contribution in [3.8, 4) is 5.75 Å². The average molecular weight is 369 g/mol. The minimum Gasteiger partial charge on any atom is -0.482 e. The van der Waals surface area contributed by atoms with Gasteiger partial charge in [-0.25, -0.2) is 10.2 Å². The van der Waals surface area contributed by atoms with Crippen LogP contribution in [0.4, 0.5) is 0 Å². The highest BCUT2D eigenvalue weighted by Crippen LogP contribution is 2.11. The Morgan fingerprint density at radius 1 is 1.07 bits per heavy atom. The summed E-state index contributed by atoms with van der Waals surface area (Å²) in [6, 6.07) is 15.3. The van der Waals surface area contributed by atoms with E-state index in [1.54, 1.807) is 31.2 Å². The normalized spacial score (nSPS) is 11.6. The maximum absolute atomic E-state index is 11.9. The van der Waals surface area contributed by atoms with Gasteiger partial charge in [0.25, 0.3) is 0 Å². The number of aliphatic carboxylic acids is 1. The first-order chi connectivity index (χ1) is 13.0. The number of ether oxygens (including phenoxy) is 1. The number of hydrazone groups is 1. The highest BCUT2D eigenvalue weighted by atomic mass is 16.5. The topological polar surface area (TPSA) is 117 Å². The fraction of sp³-hybridized carbons (Fsp3) is 0.158. The SMILES string of the molecule is C[C@H](NC(=O)C(=O)N/N=C\c1ccc(OCC(=O)O)cc1)c1ccccc1. The molecule has 0 fully saturated rings. The Labute approximate surface area is 155 Å². The van der Waals surface area contributed by atoms with Crippen molar-refractivity contribution >= 4 is 24.0 Å². The molecule has 0 aliphatic carbocycles. The predicted molar refractivity (Wildman–Crippen MR) is 98.3 cm³/mol. The molecule has 1 atom stereocenters. The van der Waals surface area contributed by atoms with E-state index in [1.807, 2.05) is 30.3 Å². The second kappa shape index (κ2) is 9.71. The van der Waals surface area contributed by atoms with Crippen LogP contribution in [-0.4, -0.2) is 35.7 Å². The number of amides is 2. The summed E-state index contributed by atoms with van der Waals surface area (Å²) in [6.45, 7) is 1.35. The summed E-state index contributed by atoms with van der Waals surface area (Å²) in [7, 11) is 0. The molecular weight excluding hydrogens is 350 g/mol. The molecule has 8 nitrogen and oxygen atoms in total. The number of nitrogens with one attached hydrogen (secondary N) is 2. The molecule has 0 bridgehead atoms. The van der Waals surface area contributed by atoms with E-state index in [9.17, 15) is 14.4 Å². The highest BCUT2D eigenvalue weighted by molar-refractivity contribution is 6.35. The van der Waals surface area contributed by atoms with E-state index in [4.69, 9.17) is 9.84 Å². The summed E-state index contributed by atoms with van der Waals surface area (Å²) in [5, 5.41) is 14.9. The lowest BCUT2D eigenvalue weighted by molar-refractivity contribution is -0.139. The van der Waals surface area contributed by atoms with Crippen LogP contribution in [0.2, 0.25) is 0 Å². The predicted octanol–water partition coefficient (Wildman–Crippen LogP) is 1.48. The number of carbonyl (C=O) groups excluding carboxylic acids is 2. The molecule has 2 rings (SSSR count). The molecule has 0 spiro atoms. The largest absolute Gasteiger partial charge is 0.482 e. The summed E-state index contributed by atoms with van der Waals surface area (Å²) < 4.78 is 5.00. The molecule has 8 heteroatoms. The standard InChI is InChI=1S/C19H19N3O5/c1-13(15-5-3-2-4-6-15)21-18(25)19(26)22-20-11-14-7-9-16(10-8-14)27-12-17(23)24/h2-11,13H,12H2,1H3,(H,21,25)(H,22,26)(H,23,24)/b20-11-/t13-/m0/s1. The first-order valence-corrected chi connectivity index (χ1v) is 8.09. The first kappa shape index (κ1) is 19.6. The summed E-state index contributed by atoms with van der Waals surface area (Å²) in [5.41, 5.74) is 3.67. The third-order valence-electron chi connectivity index (χ3n) is 3.48. The van der Waals surface area contributed by atoms with Gasteiger partial charge in [-0.1, -0.05) is 30.3 Å². The fourth-order valence-corrected chi connectivity index (χ4v) is 2.10.